The largest absolute Gasteiger partial charge is 0.393 e. The summed E-state index contributed by atoms with van der Waals surface area (Å²) in [5.41, 5.74) is 3.54. The van der Waals surface area contributed by atoms with Crippen LogP contribution in [0.25, 0.3) is 0 Å². The van der Waals surface area contributed by atoms with E-state index in [1.807, 2.05) is 13.8 Å². The molecule has 106 valence electrons. The second kappa shape index (κ2) is 5.63. The lowest BCUT2D eigenvalue weighted by molar-refractivity contribution is 0.146. The van der Waals surface area contributed by atoms with Gasteiger partial charge < -0.3 is 5.11 Å². The van der Waals surface area contributed by atoms with E-state index in [2.05, 4.69) is 18.2 Å². The van der Waals surface area contributed by atoms with Crippen molar-refractivity contribution < 1.29 is 13.5 Å². The van der Waals surface area contributed by atoms with Crippen LogP contribution >= 0.6 is 0 Å². The van der Waals surface area contributed by atoms with Crippen LogP contribution in [0.4, 0.5) is 0 Å². The van der Waals surface area contributed by atoms with Crippen molar-refractivity contribution in [3.05, 3.63) is 34.9 Å². The van der Waals surface area contributed by atoms with E-state index in [4.69, 9.17) is 0 Å². The number of sulfone groups is 1. The van der Waals surface area contributed by atoms with Gasteiger partial charge in [0.05, 0.1) is 17.6 Å². The summed E-state index contributed by atoms with van der Waals surface area (Å²) in [7, 11) is -2.84. The topological polar surface area (TPSA) is 54.4 Å². The molecular weight excluding hydrogens is 260 g/mol. The first-order valence-electron chi connectivity index (χ1n) is 6.80. The molecule has 0 radical (unpaired) electrons. The van der Waals surface area contributed by atoms with E-state index in [-0.39, 0.29) is 17.4 Å². The van der Waals surface area contributed by atoms with Gasteiger partial charge >= 0.3 is 0 Å². The summed E-state index contributed by atoms with van der Waals surface area (Å²) in [4.78, 5) is 0. The number of aliphatic hydroxyl groups is 1. The van der Waals surface area contributed by atoms with E-state index < -0.39 is 15.9 Å². The number of rotatable bonds is 4. The molecule has 0 aliphatic carbocycles. The molecule has 1 aliphatic rings. The van der Waals surface area contributed by atoms with Crippen molar-refractivity contribution in [3.8, 4) is 0 Å². The molecule has 19 heavy (non-hydrogen) atoms. The summed E-state index contributed by atoms with van der Waals surface area (Å²) in [6.07, 6.45) is 1.46. The van der Waals surface area contributed by atoms with E-state index >= 15 is 0 Å². The van der Waals surface area contributed by atoms with Gasteiger partial charge in [-0.15, -0.1) is 0 Å². The normalized spacial score (nSPS) is 23.4. The molecule has 0 spiro atoms. The Labute approximate surface area is 115 Å². The van der Waals surface area contributed by atoms with E-state index in [0.717, 1.165) is 5.56 Å². The van der Waals surface area contributed by atoms with Crippen molar-refractivity contribution in [3.63, 3.8) is 0 Å². The Kier molecular flexibility index (Phi) is 4.31. The van der Waals surface area contributed by atoms with Gasteiger partial charge in [-0.25, -0.2) is 8.42 Å². The third kappa shape index (κ3) is 4.05. The first-order chi connectivity index (χ1) is 8.85. The molecule has 1 fully saturated rings. The Hall–Kier alpha value is -0.870. The first kappa shape index (κ1) is 14.5. The maximum Gasteiger partial charge on any atom is 0.150 e. The molecule has 1 aromatic carbocycles. The number of aryl methyl sites for hydroxylation is 2. The maximum atomic E-state index is 11.4. The first-order valence-corrected chi connectivity index (χ1v) is 8.62. The average molecular weight is 282 g/mol. The molecule has 1 aliphatic heterocycles. The van der Waals surface area contributed by atoms with E-state index in [1.54, 1.807) is 0 Å². The lowest BCUT2D eigenvalue weighted by Crippen LogP contribution is -2.17. The third-order valence-corrected chi connectivity index (χ3v) is 5.73. The highest BCUT2D eigenvalue weighted by Gasteiger charge is 2.29. The summed E-state index contributed by atoms with van der Waals surface area (Å²) < 4.78 is 22.8. The molecule has 1 saturated heterocycles. The van der Waals surface area contributed by atoms with Gasteiger partial charge in [0.25, 0.3) is 0 Å². The molecule has 0 saturated carbocycles. The molecule has 0 aromatic heterocycles. The fourth-order valence-corrected chi connectivity index (χ4v) is 4.68. The lowest BCUT2D eigenvalue weighted by Gasteiger charge is -2.16. The highest BCUT2D eigenvalue weighted by Crippen LogP contribution is 2.24. The Morgan fingerprint density at radius 1 is 1.37 bits per heavy atom. The molecule has 1 heterocycles. The van der Waals surface area contributed by atoms with E-state index in [0.29, 0.717) is 19.3 Å². The van der Waals surface area contributed by atoms with Gasteiger partial charge in [0, 0.05) is 0 Å². The van der Waals surface area contributed by atoms with Gasteiger partial charge in [0.2, 0.25) is 0 Å². The quantitative estimate of drug-likeness (QED) is 0.919. The monoisotopic (exact) mass is 282 g/mol. The molecule has 2 rings (SSSR count). The highest BCUT2D eigenvalue weighted by atomic mass is 32.2. The Balaban J connectivity index is 1.94. The molecular formula is C15H22O3S. The van der Waals surface area contributed by atoms with Gasteiger partial charge in [-0.05, 0) is 50.2 Å². The second-order valence-electron chi connectivity index (χ2n) is 5.79. The van der Waals surface area contributed by atoms with E-state index in [9.17, 15) is 13.5 Å². The molecule has 1 N–H and O–H groups in total. The Morgan fingerprint density at radius 2 is 2.11 bits per heavy atom. The van der Waals surface area contributed by atoms with Crippen LogP contribution in [0.15, 0.2) is 18.2 Å². The molecule has 2 unspecified atom stereocenters. The van der Waals surface area contributed by atoms with Crippen molar-refractivity contribution in [2.75, 3.05) is 11.5 Å². The summed E-state index contributed by atoms with van der Waals surface area (Å²) >= 11 is 0. The van der Waals surface area contributed by atoms with Crippen LogP contribution in [0.2, 0.25) is 0 Å². The molecule has 2 atom stereocenters. The number of hydrogen-bond acceptors (Lipinski definition) is 3. The SMILES string of the molecule is Cc1ccc(C)c(CC(O)CC2CCS(=O)(=O)C2)c1. The minimum Gasteiger partial charge on any atom is -0.393 e. The van der Waals surface area contributed by atoms with Crippen molar-refractivity contribution in [1.29, 1.82) is 0 Å². The van der Waals surface area contributed by atoms with Gasteiger partial charge in [0.15, 0.2) is 9.84 Å². The summed E-state index contributed by atoms with van der Waals surface area (Å²) in [6, 6.07) is 6.23. The van der Waals surface area contributed by atoms with Crippen molar-refractivity contribution >= 4 is 9.84 Å². The van der Waals surface area contributed by atoms with Crippen molar-refractivity contribution in [2.24, 2.45) is 5.92 Å². The number of benzene rings is 1. The summed E-state index contributed by atoms with van der Waals surface area (Å²) in [6.45, 7) is 4.08. The summed E-state index contributed by atoms with van der Waals surface area (Å²) in [5.74, 6) is 0.662. The zero-order valence-electron chi connectivity index (χ0n) is 11.6. The van der Waals surface area contributed by atoms with Crippen LogP contribution in [-0.4, -0.2) is 31.1 Å². The number of hydrogen-bond donors (Lipinski definition) is 1. The van der Waals surface area contributed by atoms with Crippen molar-refractivity contribution in [1.82, 2.24) is 0 Å². The maximum absolute atomic E-state index is 11.4. The Morgan fingerprint density at radius 3 is 2.74 bits per heavy atom. The fourth-order valence-electron chi connectivity index (χ4n) is 2.80. The molecule has 4 heteroatoms. The molecule has 3 nitrogen and oxygen atoms in total. The lowest BCUT2D eigenvalue weighted by atomic mass is 9.94. The highest BCUT2D eigenvalue weighted by molar-refractivity contribution is 7.91. The predicted octanol–water partition coefficient (Wildman–Crippen LogP) is 2.03. The standard InChI is InChI=1S/C15H22O3S/c1-11-3-4-12(2)14(7-11)9-15(16)8-13-5-6-19(17,18)10-13/h3-4,7,13,15-16H,5-6,8-10H2,1-2H3. The second-order valence-corrected chi connectivity index (χ2v) is 8.02. The zero-order valence-corrected chi connectivity index (χ0v) is 12.4. The molecule has 1 aromatic rings. The fraction of sp³-hybridized carbons (Fsp3) is 0.600. The van der Waals surface area contributed by atoms with E-state index in [1.165, 1.54) is 11.1 Å². The minimum atomic E-state index is -2.84. The predicted molar refractivity (Wildman–Crippen MR) is 77.0 cm³/mol. The smallest absolute Gasteiger partial charge is 0.150 e. The van der Waals surface area contributed by atoms with Gasteiger partial charge in [0.1, 0.15) is 0 Å². The average Bonchev–Trinajstić information content (AvgIpc) is 2.63. The van der Waals surface area contributed by atoms with Gasteiger partial charge in [-0.3, -0.25) is 0 Å². The summed E-state index contributed by atoms with van der Waals surface area (Å²) in [5, 5.41) is 10.2. The number of aliphatic hydroxyl groups excluding tert-OH is 1. The molecule has 0 bridgehead atoms. The van der Waals surface area contributed by atoms with Crippen molar-refractivity contribution in [2.45, 2.75) is 39.2 Å². The zero-order chi connectivity index (χ0) is 14.0. The van der Waals surface area contributed by atoms with Gasteiger partial charge in [-0.2, -0.15) is 0 Å². The van der Waals surface area contributed by atoms with Crippen LogP contribution in [0.1, 0.15) is 29.5 Å². The Bertz CT molecular complexity index is 549. The third-order valence-electron chi connectivity index (χ3n) is 3.89. The molecule has 0 amide bonds. The van der Waals surface area contributed by atoms with Crippen LogP contribution in [0.3, 0.4) is 0 Å². The van der Waals surface area contributed by atoms with Gasteiger partial charge in [-0.1, -0.05) is 23.8 Å². The van der Waals surface area contributed by atoms with Crippen LogP contribution in [-0.2, 0) is 16.3 Å². The van der Waals surface area contributed by atoms with Crippen LogP contribution < -0.4 is 0 Å². The van der Waals surface area contributed by atoms with Crippen LogP contribution in [0, 0.1) is 19.8 Å². The van der Waals surface area contributed by atoms with Crippen LogP contribution in [0.5, 0.6) is 0 Å². The minimum absolute atomic E-state index is 0.130.